The van der Waals surface area contributed by atoms with Crippen LogP contribution in [0.3, 0.4) is 0 Å². The lowest BCUT2D eigenvalue weighted by Crippen LogP contribution is -2.41. The summed E-state index contributed by atoms with van der Waals surface area (Å²) >= 11 is 0. The van der Waals surface area contributed by atoms with Gasteiger partial charge >= 0.3 is 0 Å². The van der Waals surface area contributed by atoms with Crippen LogP contribution in [-0.2, 0) is 16.6 Å². The minimum Gasteiger partial charge on any atom is -0.489 e. The molecule has 0 amide bonds. The average Bonchev–Trinajstić information content (AvgIpc) is 2.63. The molecule has 0 aliphatic carbocycles. The third kappa shape index (κ3) is 7.98. The molecule has 0 fully saturated rings. The summed E-state index contributed by atoms with van der Waals surface area (Å²) in [6.45, 7) is 2.71. The van der Waals surface area contributed by atoms with Crippen molar-refractivity contribution in [2.45, 2.75) is 24.5 Å². The smallest absolute Gasteiger partial charge is 0.238 e. The second-order valence-corrected chi connectivity index (χ2v) is 7.44. The number of guanidine groups is 1. The molecule has 1 unspecified atom stereocenters. The van der Waals surface area contributed by atoms with E-state index in [1.807, 2.05) is 6.92 Å². The Kier molecular flexibility index (Phi) is 9.62. The van der Waals surface area contributed by atoms with Crippen molar-refractivity contribution in [3.05, 3.63) is 59.9 Å². The van der Waals surface area contributed by atoms with Crippen molar-refractivity contribution in [1.29, 1.82) is 0 Å². The van der Waals surface area contributed by atoms with Gasteiger partial charge in [-0.1, -0.05) is 12.1 Å². The maximum atomic E-state index is 12.9. The first kappa shape index (κ1) is 24.1. The van der Waals surface area contributed by atoms with Gasteiger partial charge in [-0.05, 0) is 48.9 Å². The Bertz CT molecular complexity index is 892. The molecule has 0 bridgehead atoms. The van der Waals surface area contributed by atoms with Gasteiger partial charge in [-0.2, -0.15) is 0 Å². The Balaban J connectivity index is 0.00000392. The lowest BCUT2D eigenvalue weighted by atomic mass is 10.2. The molecule has 10 heteroatoms. The van der Waals surface area contributed by atoms with Crippen molar-refractivity contribution >= 4 is 40.0 Å². The van der Waals surface area contributed by atoms with Gasteiger partial charge in [0.05, 0.1) is 11.4 Å². The van der Waals surface area contributed by atoms with Gasteiger partial charge in [-0.15, -0.1) is 24.0 Å². The highest BCUT2D eigenvalue weighted by Gasteiger charge is 2.09. The summed E-state index contributed by atoms with van der Waals surface area (Å²) in [6.07, 6.45) is -0.181. The lowest BCUT2D eigenvalue weighted by molar-refractivity contribution is 0.223. The van der Waals surface area contributed by atoms with E-state index in [1.54, 1.807) is 31.3 Å². The number of hydrogen-bond donors (Lipinski definition) is 3. The fourth-order valence-electron chi connectivity index (χ4n) is 2.27. The Morgan fingerprint density at radius 3 is 2.50 bits per heavy atom. The molecule has 0 aliphatic rings. The number of nitrogens with two attached hydrogens (primary N) is 1. The number of aliphatic imine (C=N–C) groups is 1. The molecule has 28 heavy (non-hydrogen) atoms. The SMILES string of the molecule is CN=C(NCc1cccc(S(N)(=O)=O)c1)NCC(C)Oc1ccc(F)cc1.I. The first-order valence-corrected chi connectivity index (χ1v) is 9.81. The molecule has 0 radical (unpaired) electrons. The van der Waals surface area contributed by atoms with Crippen LogP contribution in [0.15, 0.2) is 58.4 Å². The predicted molar refractivity (Wildman–Crippen MR) is 118 cm³/mol. The molecule has 7 nitrogen and oxygen atoms in total. The molecule has 0 aromatic heterocycles. The summed E-state index contributed by atoms with van der Waals surface area (Å²) in [5.41, 5.74) is 0.750. The molecule has 0 saturated heterocycles. The Morgan fingerprint density at radius 2 is 1.89 bits per heavy atom. The molecule has 0 aliphatic heterocycles. The van der Waals surface area contributed by atoms with Crippen LogP contribution in [0.4, 0.5) is 4.39 Å². The van der Waals surface area contributed by atoms with Gasteiger partial charge in [-0.25, -0.2) is 17.9 Å². The second-order valence-electron chi connectivity index (χ2n) is 5.88. The molecular formula is C18H24FIN4O3S. The summed E-state index contributed by atoms with van der Waals surface area (Å²) in [5.74, 6) is 0.795. The van der Waals surface area contributed by atoms with Gasteiger partial charge in [0, 0.05) is 13.6 Å². The first-order chi connectivity index (χ1) is 12.8. The van der Waals surface area contributed by atoms with Crippen LogP contribution in [0.5, 0.6) is 5.75 Å². The average molecular weight is 522 g/mol. The van der Waals surface area contributed by atoms with Gasteiger partial charge in [0.25, 0.3) is 0 Å². The van der Waals surface area contributed by atoms with Gasteiger partial charge in [0.15, 0.2) is 5.96 Å². The quantitative estimate of drug-likeness (QED) is 0.294. The number of nitrogens with zero attached hydrogens (tertiary/aromatic N) is 1. The third-order valence-electron chi connectivity index (χ3n) is 3.62. The predicted octanol–water partition coefficient (Wildman–Crippen LogP) is 2.22. The van der Waals surface area contributed by atoms with E-state index < -0.39 is 10.0 Å². The summed E-state index contributed by atoms with van der Waals surface area (Å²) < 4.78 is 41.4. The fourth-order valence-corrected chi connectivity index (χ4v) is 2.85. The maximum Gasteiger partial charge on any atom is 0.238 e. The molecule has 2 rings (SSSR count). The standard InChI is InChI=1S/C18H23FN4O3S.HI/c1-13(26-16-8-6-15(19)7-9-16)11-22-18(21-2)23-12-14-4-3-5-17(10-14)27(20,24)25;/h3-10,13H,11-12H2,1-2H3,(H2,20,24,25)(H2,21,22,23);1H. The van der Waals surface area contributed by atoms with Gasteiger partial charge in [0.2, 0.25) is 10.0 Å². The number of primary sulfonamides is 1. The molecule has 2 aromatic rings. The van der Waals surface area contributed by atoms with Crippen LogP contribution in [0.25, 0.3) is 0 Å². The van der Waals surface area contributed by atoms with E-state index in [0.717, 1.165) is 5.56 Å². The highest BCUT2D eigenvalue weighted by Crippen LogP contribution is 2.13. The summed E-state index contributed by atoms with van der Waals surface area (Å²) in [6, 6.07) is 12.2. The number of rotatable bonds is 7. The maximum absolute atomic E-state index is 12.9. The van der Waals surface area contributed by atoms with Crippen LogP contribution in [0.1, 0.15) is 12.5 Å². The van der Waals surface area contributed by atoms with Gasteiger partial charge in [-0.3, -0.25) is 4.99 Å². The lowest BCUT2D eigenvalue weighted by Gasteiger charge is -2.18. The van der Waals surface area contributed by atoms with E-state index in [4.69, 9.17) is 9.88 Å². The van der Waals surface area contributed by atoms with E-state index in [9.17, 15) is 12.8 Å². The zero-order valence-corrected chi connectivity index (χ0v) is 18.7. The Hall–Kier alpha value is -1.92. The first-order valence-electron chi connectivity index (χ1n) is 8.26. The molecule has 2 aromatic carbocycles. The van der Waals surface area contributed by atoms with Gasteiger partial charge < -0.3 is 15.4 Å². The van der Waals surface area contributed by atoms with Gasteiger partial charge in [0.1, 0.15) is 17.7 Å². The molecule has 0 spiro atoms. The topological polar surface area (TPSA) is 106 Å². The normalized spacial score (nSPS) is 12.6. The Labute approximate surface area is 181 Å². The van der Waals surface area contributed by atoms with E-state index in [1.165, 1.54) is 24.3 Å². The van der Waals surface area contributed by atoms with Crippen molar-refractivity contribution in [2.24, 2.45) is 10.1 Å². The van der Waals surface area contributed by atoms with E-state index in [0.29, 0.717) is 24.8 Å². The van der Waals surface area contributed by atoms with Crippen LogP contribution in [0.2, 0.25) is 0 Å². The number of benzene rings is 2. The number of sulfonamides is 1. The number of nitrogens with one attached hydrogen (secondary N) is 2. The van der Waals surface area contributed by atoms with E-state index in [2.05, 4.69) is 15.6 Å². The molecule has 1 atom stereocenters. The molecular weight excluding hydrogens is 498 g/mol. The highest BCUT2D eigenvalue weighted by molar-refractivity contribution is 14.0. The monoisotopic (exact) mass is 522 g/mol. The third-order valence-corrected chi connectivity index (χ3v) is 4.53. The minimum absolute atomic E-state index is 0. The summed E-state index contributed by atoms with van der Waals surface area (Å²) in [4.78, 5) is 4.17. The zero-order valence-electron chi connectivity index (χ0n) is 15.6. The van der Waals surface area contributed by atoms with Crippen molar-refractivity contribution in [2.75, 3.05) is 13.6 Å². The van der Waals surface area contributed by atoms with Crippen molar-refractivity contribution in [1.82, 2.24) is 10.6 Å². The van der Waals surface area contributed by atoms with E-state index in [-0.39, 0.29) is 40.8 Å². The fraction of sp³-hybridized carbons (Fsp3) is 0.278. The van der Waals surface area contributed by atoms with Crippen molar-refractivity contribution in [3.63, 3.8) is 0 Å². The molecule has 154 valence electrons. The number of hydrogen-bond acceptors (Lipinski definition) is 4. The van der Waals surface area contributed by atoms with Crippen LogP contribution >= 0.6 is 24.0 Å². The zero-order chi connectivity index (χ0) is 19.9. The number of ether oxygens (including phenoxy) is 1. The Morgan fingerprint density at radius 1 is 1.21 bits per heavy atom. The van der Waals surface area contributed by atoms with Crippen LogP contribution < -0.4 is 20.5 Å². The number of halogens is 2. The minimum atomic E-state index is -3.74. The highest BCUT2D eigenvalue weighted by atomic mass is 127. The second kappa shape index (κ2) is 11.2. The molecule has 0 heterocycles. The molecule has 4 N–H and O–H groups in total. The largest absolute Gasteiger partial charge is 0.489 e. The van der Waals surface area contributed by atoms with Crippen molar-refractivity contribution in [3.8, 4) is 5.75 Å². The summed E-state index contributed by atoms with van der Waals surface area (Å²) in [7, 11) is -2.11. The van der Waals surface area contributed by atoms with Crippen LogP contribution in [-0.4, -0.2) is 34.1 Å². The van der Waals surface area contributed by atoms with E-state index >= 15 is 0 Å². The van der Waals surface area contributed by atoms with Crippen LogP contribution in [0, 0.1) is 5.82 Å². The summed E-state index contributed by atoms with van der Waals surface area (Å²) in [5, 5.41) is 11.3. The molecule has 0 saturated carbocycles. The van der Waals surface area contributed by atoms with Crippen molar-refractivity contribution < 1.29 is 17.5 Å².